The van der Waals surface area contributed by atoms with E-state index in [9.17, 15) is 27.5 Å². The number of aliphatic hydroxyl groups is 1. The quantitative estimate of drug-likeness (QED) is 0.742. The van der Waals surface area contributed by atoms with Gasteiger partial charge in [0.25, 0.3) is 5.91 Å². The number of anilines is 1. The zero-order chi connectivity index (χ0) is 15.6. The Morgan fingerprint density at radius 3 is 2.45 bits per heavy atom. The summed E-state index contributed by atoms with van der Waals surface area (Å²) in [6.07, 6.45) is -4.86. The van der Waals surface area contributed by atoms with E-state index in [4.69, 9.17) is 0 Å². The van der Waals surface area contributed by atoms with Crippen LogP contribution in [-0.2, 0) is 11.0 Å². The maximum atomic E-state index is 13.1. The Labute approximate surface area is 112 Å². The Morgan fingerprint density at radius 1 is 1.35 bits per heavy atom. The van der Waals surface area contributed by atoms with Crippen LogP contribution in [0.5, 0.6) is 0 Å². The molecule has 0 spiro atoms. The van der Waals surface area contributed by atoms with Gasteiger partial charge in [-0.3, -0.25) is 4.79 Å². The lowest BCUT2D eigenvalue weighted by atomic mass is 10.1. The fourth-order valence-corrected chi connectivity index (χ4v) is 1.51. The topological polar surface area (TPSA) is 61.4 Å². The lowest BCUT2D eigenvalue weighted by Crippen LogP contribution is -2.47. The fourth-order valence-electron chi connectivity index (χ4n) is 1.51. The summed E-state index contributed by atoms with van der Waals surface area (Å²) in [6.45, 7) is 1.11. The Bertz CT molecular complexity index is 501. The lowest BCUT2D eigenvalue weighted by Gasteiger charge is -2.22. The van der Waals surface area contributed by atoms with Crippen molar-refractivity contribution in [1.82, 2.24) is 5.32 Å². The van der Waals surface area contributed by atoms with Crippen LogP contribution in [0, 0.1) is 5.82 Å². The molecule has 0 bridgehead atoms. The van der Waals surface area contributed by atoms with Crippen molar-refractivity contribution >= 4 is 11.6 Å². The van der Waals surface area contributed by atoms with Gasteiger partial charge in [0, 0.05) is 12.2 Å². The fraction of sp³-hybridized carbons (Fsp3) is 0.417. The highest BCUT2D eigenvalue weighted by Crippen LogP contribution is 2.33. The van der Waals surface area contributed by atoms with Gasteiger partial charge >= 0.3 is 6.18 Å². The summed E-state index contributed by atoms with van der Waals surface area (Å²) in [7, 11) is 1.50. The molecular weight excluding hydrogens is 280 g/mol. The number of rotatable bonds is 4. The molecule has 8 heteroatoms. The predicted molar refractivity (Wildman–Crippen MR) is 64.6 cm³/mol. The van der Waals surface area contributed by atoms with Gasteiger partial charge in [0.05, 0.1) is 5.56 Å². The summed E-state index contributed by atoms with van der Waals surface area (Å²) in [4.78, 5) is 11.7. The molecule has 112 valence electrons. The Kier molecular flexibility index (Phi) is 4.72. The largest absolute Gasteiger partial charge is 0.419 e. The summed E-state index contributed by atoms with van der Waals surface area (Å²) in [6, 6.07) is 2.06. The van der Waals surface area contributed by atoms with Gasteiger partial charge < -0.3 is 15.7 Å². The van der Waals surface area contributed by atoms with Crippen molar-refractivity contribution in [3.63, 3.8) is 0 Å². The van der Waals surface area contributed by atoms with Gasteiger partial charge in [0.1, 0.15) is 5.82 Å². The first kappa shape index (κ1) is 16.4. The van der Waals surface area contributed by atoms with E-state index in [0.29, 0.717) is 12.1 Å². The van der Waals surface area contributed by atoms with E-state index in [1.807, 2.05) is 0 Å². The van der Waals surface area contributed by atoms with Crippen molar-refractivity contribution in [3.05, 3.63) is 29.6 Å². The van der Waals surface area contributed by atoms with E-state index in [1.165, 1.54) is 14.0 Å². The molecule has 1 aromatic carbocycles. The number of hydrogen-bond acceptors (Lipinski definition) is 3. The van der Waals surface area contributed by atoms with Crippen LogP contribution in [0.2, 0.25) is 0 Å². The molecule has 1 aromatic rings. The van der Waals surface area contributed by atoms with Gasteiger partial charge in [0.15, 0.2) is 5.60 Å². The number of hydrogen-bond donors (Lipinski definition) is 3. The summed E-state index contributed by atoms with van der Waals surface area (Å²) < 4.78 is 50.6. The minimum atomic E-state index is -4.86. The number of benzene rings is 1. The summed E-state index contributed by atoms with van der Waals surface area (Å²) in [5.41, 5.74) is -3.54. The first-order valence-electron chi connectivity index (χ1n) is 5.63. The zero-order valence-electron chi connectivity index (χ0n) is 10.8. The van der Waals surface area contributed by atoms with Crippen molar-refractivity contribution in [2.24, 2.45) is 0 Å². The minimum Gasteiger partial charge on any atom is -0.379 e. The predicted octanol–water partition coefficient (Wildman–Crippen LogP) is 1.75. The van der Waals surface area contributed by atoms with E-state index >= 15 is 0 Å². The second kappa shape index (κ2) is 5.76. The van der Waals surface area contributed by atoms with Crippen LogP contribution in [0.3, 0.4) is 0 Å². The lowest BCUT2D eigenvalue weighted by molar-refractivity contribution is -0.140. The van der Waals surface area contributed by atoms with Crippen molar-refractivity contribution in [2.75, 3.05) is 18.9 Å². The summed E-state index contributed by atoms with van der Waals surface area (Å²) in [5, 5.41) is 14.4. The maximum absolute atomic E-state index is 13.1. The van der Waals surface area contributed by atoms with Crippen LogP contribution in [-0.4, -0.2) is 30.2 Å². The SMILES string of the molecule is CNCC(C)(O)C(=O)Nc1ccc(F)c(C(F)(F)F)c1. The van der Waals surface area contributed by atoms with Crippen LogP contribution in [0.25, 0.3) is 0 Å². The van der Waals surface area contributed by atoms with Crippen molar-refractivity contribution < 1.29 is 27.5 Å². The number of amides is 1. The van der Waals surface area contributed by atoms with Crippen LogP contribution in [0.1, 0.15) is 12.5 Å². The number of carbonyl (C=O) groups excluding carboxylic acids is 1. The molecule has 1 rings (SSSR count). The standard InChI is InChI=1S/C12H14F4N2O2/c1-11(20,6-17-2)10(19)18-7-3-4-9(13)8(5-7)12(14,15)16/h3-5,17,20H,6H2,1-2H3,(H,18,19). The molecule has 1 atom stereocenters. The first-order valence-corrected chi connectivity index (χ1v) is 5.63. The maximum Gasteiger partial charge on any atom is 0.419 e. The molecule has 0 heterocycles. The number of carbonyl (C=O) groups is 1. The van der Waals surface area contributed by atoms with Gasteiger partial charge in [-0.05, 0) is 32.2 Å². The molecule has 1 unspecified atom stereocenters. The van der Waals surface area contributed by atoms with Crippen LogP contribution >= 0.6 is 0 Å². The van der Waals surface area contributed by atoms with Gasteiger partial charge in [0.2, 0.25) is 0 Å². The number of alkyl halides is 3. The summed E-state index contributed by atoms with van der Waals surface area (Å²) >= 11 is 0. The highest BCUT2D eigenvalue weighted by Gasteiger charge is 2.35. The molecule has 3 N–H and O–H groups in total. The summed E-state index contributed by atoms with van der Waals surface area (Å²) in [5.74, 6) is -2.33. The van der Waals surface area contributed by atoms with Crippen molar-refractivity contribution in [2.45, 2.75) is 18.7 Å². The van der Waals surface area contributed by atoms with Gasteiger partial charge in [-0.15, -0.1) is 0 Å². The number of nitrogens with one attached hydrogen (secondary N) is 2. The first-order chi connectivity index (χ1) is 9.08. The van der Waals surface area contributed by atoms with Crippen molar-refractivity contribution in [1.29, 1.82) is 0 Å². The monoisotopic (exact) mass is 294 g/mol. The molecule has 4 nitrogen and oxygen atoms in total. The third-order valence-electron chi connectivity index (χ3n) is 2.54. The molecule has 0 radical (unpaired) electrons. The molecule has 0 aliphatic heterocycles. The smallest absolute Gasteiger partial charge is 0.379 e. The molecule has 0 aliphatic carbocycles. The molecule has 0 saturated heterocycles. The van der Waals surface area contributed by atoms with Crippen LogP contribution < -0.4 is 10.6 Å². The Hall–Kier alpha value is -1.67. The number of likely N-dealkylation sites (N-methyl/N-ethyl adjacent to an activating group) is 1. The average Bonchev–Trinajstić information content (AvgIpc) is 2.30. The molecule has 0 aromatic heterocycles. The Morgan fingerprint density at radius 2 is 1.95 bits per heavy atom. The van der Waals surface area contributed by atoms with E-state index in [2.05, 4.69) is 10.6 Å². The van der Waals surface area contributed by atoms with E-state index in [1.54, 1.807) is 0 Å². The average molecular weight is 294 g/mol. The normalized spacial score (nSPS) is 14.8. The number of halogens is 4. The Balaban J connectivity index is 2.97. The molecular formula is C12H14F4N2O2. The zero-order valence-corrected chi connectivity index (χ0v) is 10.8. The molecule has 1 amide bonds. The van der Waals surface area contributed by atoms with Gasteiger partial charge in [-0.1, -0.05) is 0 Å². The highest BCUT2D eigenvalue weighted by molar-refractivity contribution is 5.97. The van der Waals surface area contributed by atoms with Gasteiger partial charge in [-0.25, -0.2) is 4.39 Å². The second-order valence-electron chi connectivity index (χ2n) is 4.45. The molecule has 0 saturated carbocycles. The second-order valence-corrected chi connectivity index (χ2v) is 4.45. The third kappa shape index (κ3) is 3.91. The molecule has 20 heavy (non-hydrogen) atoms. The minimum absolute atomic E-state index is 0.0911. The van der Waals surface area contributed by atoms with E-state index < -0.39 is 29.1 Å². The van der Waals surface area contributed by atoms with E-state index in [-0.39, 0.29) is 12.2 Å². The highest BCUT2D eigenvalue weighted by atomic mass is 19.4. The van der Waals surface area contributed by atoms with Crippen LogP contribution in [0.4, 0.5) is 23.2 Å². The van der Waals surface area contributed by atoms with Crippen molar-refractivity contribution in [3.8, 4) is 0 Å². The third-order valence-corrected chi connectivity index (χ3v) is 2.54. The molecule has 0 aliphatic rings. The molecule has 0 fully saturated rings. The van der Waals surface area contributed by atoms with Gasteiger partial charge in [-0.2, -0.15) is 13.2 Å². The van der Waals surface area contributed by atoms with E-state index in [0.717, 1.165) is 6.07 Å². The van der Waals surface area contributed by atoms with Crippen LogP contribution in [0.15, 0.2) is 18.2 Å².